The first-order valence-corrected chi connectivity index (χ1v) is 20.6. The summed E-state index contributed by atoms with van der Waals surface area (Å²) in [4.78, 5) is 11.8. The van der Waals surface area contributed by atoms with Gasteiger partial charge in [0.1, 0.15) is 0 Å². The summed E-state index contributed by atoms with van der Waals surface area (Å²) in [5.41, 5.74) is 18.7. The highest BCUT2D eigenvalue weighted by molar-refractivity contribution is 7.20. The topological polar surface area (TPSA) is 25.8 Å². The zero-order valence-corrected chi connectivity index (χ0v) is 32.2. The molecule has 0 saturated heterocycles. The molecule has 0 N–H and O–H groups in total. The lowest BCUT2D eigenvalue weighted by molar-refractivity contribution is 0.812. The fourth-order valence-corrected chi connectivity index (χ4v) is 11.0. The fraction of sp³-hybridized carbons (Fsp3) is 0.0182. The largest absolute Gasteiger partial charge is 0.228 e. The summed E-state index contributed by atoms with van der Waals surface area (Å²) in [6, 6.07) is 74.6. The molecule has 0 fully saturated rings. The SMILES string of the molecule is c1ccc(-c2ccc(-c3cc(-c4cccc(-c5cccc6c5-c5c(sc7ccccc57)C65c6ccccc6-c6ccccc65)c4)nc(-c4ccccc4)n3)cc2)cc1. The van der Waals surface area contributed by atoms with Crippen LogP contribution in [0, 0.1) is 0 Å². The average Bonchev–Trinajstić information content (AvgIpc) is 3.93. The van der Waals surface area contributed by atoms with E-state index in [2.05, 4.69) is 188 Å². The predicted molar refractivity (Wildman–Crippen MR) is 241 cm³/mol. The summed E-state index contributed by atoms with van der Waals surface area (Å²) in [6.45, 7) is 0. The molecule has 2 aromatic heterocycles. The molecular weight excluding hydrogens is 721 g/mol. The highest BCUT2D eigenvalue weighted by Gasteiger charge is 2.53. The first-order valence-electron chi connectivity index (χ1n) is 19.8. The first-order chi connectivity index (χ1) is 28.8. The second-order valence-corrected chi connectivity index (χ2v) is 16.3. The van der Waals surface area contributed by atoms with Crippen LogP contribution in [0.1, 0.15) is 21.6 Å². The second-order valence-electron chi connectivity index (χ2n) is 15.2. The molecular formula is C55H34N2S. The molecule has 2 heterocycles. The standard InChI is InChI=1S/C55H34N2S/c1-3-15-35(16-4-1)36-29-31-37(32-30-36)48-34-49(57-54(56-48)38-17-5-2-6-18-38)40-20-13-19-39(33-40)41-24-14-27-47-51(41)52-44-23-9-12-28-50(44)58-53(52)55(47)45-25-10-7-21-42(45)43-22-8-11-26-46(43)55/h1-34H. The summed E-state index contributed by atoms with van der Waals surface area (Å²) in [5.74, 6) is 0.709. The number of nitrogens with zero attached hydrogens (tertiary/aromatic N) is 2. The van der Waals surface area contributed by atoms with Gasteiger partial charge in [0.15, 0.2) is 5.82 Å². The van der Waals surface area contributed by atoms with Gasteiger partial charge in [0.2, 0.25) is 0 Å². The minimum absolute atomic E-state index is 0.392. The highest BCUT2D eigenvalue weighted by Crippen LogP contribution is 2.67. The number of fused-ring (bicyclic) bond motifs is 12. The van der Waals surface area contributed by atoms with Crippen LogP contribution in [0.2, 0.25) is 0 Å². The van der Waals surface area contributed by atoms with Gasteiger partial charge >= 0.3 is 0 Å². The van der Waals surface area contributed by atoms with Crippen molar-refractivity contribution in [2.45, 2.75) is 5.41 Å². The first kappa shape index (κ1) is 33.0. The maximum Gasteiger partial charge on any atom is 0.160 e. The third-order valence-electron chi connectivity index (χ3n) is 12.1. The van der Waals surface area contributed by atoms with Crippen molar-refractivity contribution in [3.05, 3.63) is 228 Å². The Morgan fingerprint density at radius 1 is 0.345 bits per heavy atom. The van der Waals surface area contributed by atoms with Gasteiger partial charge in [-0.05, 0) is 73.8 Å². The van der Waals surface area contributed by atoms with E-state index >= 15 is 0 Å². The lowest BCUT2D eigenvalue weighted by Gasteiger charge is -2.29. The van der Waals surface area contributed by atoms with Gasteiger partial charge in [0, 0.05) is 37.2 Å². The molecule has 0 amide bonds. The second kappa shape index (κ2) is 12.9. The van der Waals surface area contributed by atoms with E-state index in [1.54, 1.807) is 0 Å². The van der Waals surface area contributed by atoms with Crippen LogP contribution in [-0.2, 0) is 5.41 Å². The molecule has 10 aromatic rings. The molecule has 0 radical (unpaired) electrons. The Morgan fingerprint density at radius 2 is 0.862 bits per heavy atom. The van der Waals surface area contributed by atoms with E-state index in [1.165, 1.54) is 76.2 Å². The van der Waals surface area contributed by atoms with Crippen LogP contribution in [0.5, 0.6) is 0 Å². The zero-order chi connectivity index (χ0) is 38.2. The number of thiophene rings is 1. The molecule has 0 bridgehead atoms. The Kier molecular flexibility index (Phi) is 7.35. The van der Waals surface area contributed by atoms with E-state index in [0.29, 0.717) is 5.82 Å². The Morgan fingerprint density at radius 3 is 1.60 bits per heavy atom. The van der Waals surface area contributed by atoms with Crippen molar-refractivity contribution < 1.29 is 0 Å². The van der Waals surface area contributed by atoms with Gasteiger partial charge in [-0.15, -0.1) is 11.3 Å². The molecule has 3 heteroatoms. The van der Waals surface area contributed by atoms with Gasteiger partial charge in [-0.25, -0.2) is 9.97 Å². The van der Waals surface area contributed by atoms with Crippen molar-refractivity contribution in [1.82, 2.24) is 9.97 Å². The van der Waals surface area contributed by atoms with Crippen molar-refractivity contribution in [1.29, 1.82) is 0 Å². The predicted octanol–water partition coefficient (Wildman–Crippen LogP) is 14.4. The van der Waals surface area contributed by atoms with Gasteiger partial charge in [-0.2, -0.15) is 0 Å². The Labute approximate surface area is 341 Å². The number of hydrogen-bond donors (Lipinski definition) is 0. The summed E-state index contributed by atoms with van der Waals surface area (Å²) in [6.07, 6.45) is 0. The fourth-order valence-electron chi connectivity index (χ4n) is 9.59. The molecule has 2 aliphatic rings. The quantitative estimate of drug-likeness (QED) is 0.175. The maximum absolute atomic E-state index is 5.24. The number of benzene rings is 8. The lowest BCUT2D eigenvalue weighted by Crippen LogP contribution is -2.24. The van der Waals surface area contributed by atoms with Crippen LogP contribution in [0.25, 0.3) is 88.5 Å². The molecule has 2 nitrogen and oxygen atoms in total. The third kappa shape index (κ3) is 4.84. The van der Waals surface area contributed by atoms with Gasteiger partial charge in [0.05, 0.1) is 16.8 Å². The van der Waals surface area contributed by atoms with E-state index in [4.69, 9.17) is 9.97 Å². The molecule has 2 aliphatic carbocycles. The molecule has 0 unspecified atom stereocenters. The molecule has 58 heavy (non-hydrogen) atoms. The summed E-state index contributed by atoms with van der Waals surface area (Å²) >= 11 is 1.95. The van der Waals surface area contributed by atoms with E-state index < -0.39 is 5.41 Å². The highest BCUT2D eigenvalue weighted by atomic mass is 32.1. The normalized spacial score (nSPS) is 13.0. The smallest absolute Gasteiger partial charge is 0.160 e. The van der Waals surface area contributed by atoms with Crippen LogP contribution >= 0.6 is 11.3 Å². The van der Waals surface area contributed by atoms with Crippen LogP contribution in [0.3, 0.4) is 0 Å². The Balaban J connectivity index is 1.05. The van der Waals surface area contributed by atoms with Crippen molar-refractivity contribution in [2.24, 2.45) is 0 Å². The van der Waals surface area contributed by atoms with Gasteiger partial charge < -0.3 is 0 Å². The van der Waals surface area contributed by atoms with Gasteiger partial charge in [0.25, 0.3) is 0 Å². The van der Waals surface area contributed by atoms with E-state index in [0.717, 1.165) is 28.1 Å². The molecule has 0 atom stereocenters. The zero-order valence-electron chi connectivity index (χ0n) is 31.4. The van der Waals surface area contributed by atoms with Crippen LogP contribution < -0.4 is 0 Å². The summed E-state index contributed by atoms with van der Waals surface area (Å²) < 4.78 is 1.32. The van der Waals surface area contributed by atoms with Gasteiger partial charge in [-0.3, -0.25) is 0 Å². The average molecular weight is 755 g/mol. The third-order valence-corrected chi connectivity index (χ3v) is 13.4. The van der Waals surface area contributed by atoms with Crippen molar-refractivity contribution in [3.8, 4) is 78.4 Å². The molecule has 0 saturated carbocycles. The minimum Gasteiger partial charge on any atom is -0.228 e. The van der Waals surface area contributed by atoms with Crippen LogP contribution in [0.15, 0.2) is 206 Å². The molecule has 0 aliphatic heterocycles. The van der Waals surface area contributed by atoms with Crippen molar-refractivity contribution in [2.75, 3.05) is 0 Å². The number of aromatic nitrogens is 2. The van der Waals surface area contributed by atoms with Crippen molar-refractivity contribution in [3.63, 3.8) is 0 Å². The summed E-state index contributed by atoms with van der Waals surface area (Å²) in [7, 11) is 0. The number of hydrogen-bond acceptors (Lipinski definition) is 3. The maximum atomic E-state index is 5.24. The monoisotopic (exact) mass is 754 g/mol. The molecule has 8 aromatic carbocycles. The van der Waals surface area contributed by atoms with E-state index in [1.807, 2.05) is 29.5 Å². The molecule has 1 spiro atoms. The van der Waals surface area contributed by atoms with E-state index in [9.17, 15) is 0 Å². The van der Waals surface area contributed by atoms with Crippen molar-refractivity contribution >= 4 is 21.4 Å². The lowest BCUT2D eigenvalue weighted by atomic mass is 9.73. The van der Waals surface area contributed by atoms with E-state index in [-0.39, 0.29) is 0 Å². The van der Waals surface area contributed by atoms with Crippen LogP contribution in [0.4, 0.5) is 0 Å². The van der Waals surface area contributed by atoms with Crippen LogP contribution in [-0.4, -0.2) is 9.97 Å². The minimum atomic E-state index is -0.392. The molecule has 270 valence electrons. The Hall–Kier alpha value is -7.20. The summed E-state index contributed by atoms with van der Waals surface area (Å²) in [5, 5.41) is 1.32. The van der Waals surface area contributed by atoms with Gasteiger partial charge in [-0.1, -0.05) is 188 Å². The number of rotatable bonds is 5. The Bertz CT molecular complexity index is 3170. The molecule has 12 rings (SSSR count).